The van der Waals surface area contributed by atoms with E-state index in [-0.39, 0.29) is 11.2 Å². The topological polar surface area (TPSA) is 18.5 Å². The standard InChI is InChI=1S/C17H26O2/c1-12(2)13-9-10-14(18-16(3,4)5)15(11-13)19-17(6,7)8/h9-11H,1H2,2-8H3. The molecule has 1 aromatic carbocycles. The summed E-state index contributed by atoms with van der Waals surface area (Å²) in [6.07, 6.45) is 0. The Morgan fingerprint density at radius 2 is 1.37 bits per heavy atom. The molecule has 0 aliphatic carbocycles. The molecule has 0 aliphatic rings. The van der Waals surface area contributed by atoms with Crippen LogP contribution in [0.4, 0.5) is 0 Å². The van der Waals surface area contributed by atoms with E-state index in [1.165, 1.54) is 0 Å². The van der Waals surface area contributed by atoms with Gasteiger partial charge in [0.2, 0.25) is 0 Å². The molecule has 0 bridgehead atoms. The predicted molar refractivity (Wildman–Crippen MR) is 81.9 cm³/mol. The van der Waals surface area contributed by atoms with Crippen molar-refractivity contribution >= 4 is 5.57 Å². The monoisotopic (exact) mass is 262 g/mol. The van der Waals surface area contributed by atoms with Gasteiger partial charge >= 0.3 is 0 Å². The first-order valence-corrected chi connectivity index (χ1v) is 6.66. The van der Waals surface area contributed by atoms with Crippen molar-refractivity contribution in [3.8, 4) is 11.5 Å². The van der Waals surface area contributed by atoms with Crippen LogP contribution in [0.2, 0.25) is 0 Å². The summed E-state index contributed by atoms with van der Waals surface area (Å²) < 4.78 is 12.0. The van der Waals surface area contributed by atoms with E-state index in [1.54, 1.807) is 0 Å². The molecule has 0 heterocycles. The van der Waals surface area contributed by atoms with Crippen LogP contribution in [0.15, 0.2) is 24.8 Å². The Kier molecular flexibility index (Phi) is 4.34. The molecule has 19 heavy (non-hydrogen) atoms. The molecule has 1 rings (SSSR count). The predicted octanol–water partition coefficient (Wildman–Crippen LogP) is 5.07. The lowest BCUT2D eigenvalue weighted by Gasteiger charge is -2.27. The third-order valence-electron chi connectivity index (χ3n) is 2.27. The Morgan fingerprint density at radius 3 is 1.79 bits per heavy atom. The van der Waals surface area contributed by atoms with Crippen LogP contribution in [0.3, 0.4) is 0 Å². The molecule has 106 valence electrons. The van der Waals surface area contributed by atoms with Crippen molar-refractivity contribution in [3.63, 3.8) is 0 Å². The Labute approximate surface area is 117 Å². The fourth-order valence-corrected chi connectivity index (χ4v) is 1.60. The number of allylic oxidation sites excluding steroid dienone is 1. The van der Waals surface area contributed by atoms with Crippen molar-refractivity contribution in [3.05, 3.63) is 30.3 Å². The van der Waals surface area contributed by atoms with Gasteiger partial charge in [-0.15, -0.1) is 0 Å². The Bertz CT molecular complexity index is 459. The summed E-state index contributed by atoms with van der Waals surface area (Å²) in [5.74, 6) is 1.54. The Balaban J connectivity index is 3.19. The van der Waals surface area contributed by atoms with Crippen LogP contribution < -0.4 is 9.47 Å². The summed E-state index contributed by atoms with van der Waals surface area (Å²) in [7, 11) is 0. The van der Waals surface area contributed by atoms with Crippen LogP contribution in [-0.4, -0.2) is 11.2 Å². The van der Waals surface area contributed by atoms with Gasteiger partial charge in [0, 0.05) is 0 Å². The molecule has 0 unspecified atom stereocenters. The van der Waals surface area contributed by atoms with E-state index in [0.717, 1.165) is 22.6 Å². The minimum Gasteiger partial charge on any atom is -0.484 e. The minimum absolute atomic E-state index is 0.249. The van der Waals surface area contributed by atoms with Crippen LogP contribution in [0.1, 0.15) is 54.0 Å². The van der Waals surface area contributed by atoms with Gasteiger partial charge in [0.25, 0.3) is 0 Å². The maximum atomic E-state index is 6.00. The number of rotatable bonds is 3. The number of hydrogen-bond acceptors (Lipinski definition) is 2. The molecular weight excluding hydrogens is 236 g/mol. The van der Waals surface area contributed by atoms with Crippen molar-refractivity contribution in [1.82, 2.24) is 0 Å². The molecular formula is C17H26O2. The van der Waals surface area contributed by atoms with Gasteiger partial charge in [-0.05, 0) is 66.2 Å². The molecule has 2 heteroatoms. The van der Waals surface area contributed by atoms with E-state index < -0.39 is 0 Å². The quantitative estimate of drug-likeness (QED) is 0.756. The second kappa shape index (κ2) is 5.28. The van der Waals surface area contributed by atoms with Crippen molar-refractivity contribution in [2.24, 2.45) is 0 Å². The van der Waals surface area contributed by atoms with E-state index >= 15 is 0 Å². The second-order valence-corrected chi connectivity index (χ2v) is 6.87. The van der Waals surface area contributed by atoms with Gasteiger partial charge in [0.1, 0.15) is 11.2 Å². The Morgan fingerprint density at radius 1 is 0.895 bits per heavy atom. The first kappa shape index (κ1) is 15.6. The molecule has 0 amide bonds. The number of ether oxygens (including phenoxy) is 2. The SMILES string of the molecule is C=C(C)c1ccc(OC(C)(C)C)c(OC(C)(C)C)c1. The van der Waals surface area contributed by atoms with Gasteiger partial charge in [-0.1, -0.05) is 18.2 Å². The highest BCUT2D eigenvalue weighted by atomic mass is 16.5. The van der Waals surface area contributed by atoms with E-state index in [1.807, 2.05) is 66.7 Å². The molecule has 0 saturated carbocycles. The summed E-state index contributed by atoms with van der Waals surface area (Å²) in [6, 6.07) is 5.96. The molecule has 0 radical (unpaired) electrons. The average molecular weight is 262 g/mol. The van der Waals surface area contributed by atoms with E-state index in [9.17, 15) is 0 Å². The third-order valence-corrected chi connectivity index (χ3v) is 2.27. The van der Waals surface area contributed by atoms with Crippen LogP contribution in [0.25, 0.3) is 5.57 Å². The molecule has 0 fully saturated rings. The van der Waals surface area contributed by atoms with E-state index in [4.69, 9.17) is 9.47 Å². The van der Waals surface area contributed by atoms with Crippen molar-refractivity contribution in [1.29, 1.82) is 0 Å². The average Bonchev–Trinajstić information content (AvgIpc) is 2.15. The molecule has 0 atom stereocenters. The molecule has 0 saturated heterocycles. The number of benzene rings is 1. The molecule has 0 spiro atoms. The summed E-state index contributed by atoms with van der Waals surface area (Å²) in [4.78, 5) is 0. The molecule has 0 N–H and O–H groups in total. The third kappa shape index (κ3) is 5.37. The van der Waals surface area contributed by atoms with Gasteiger partial charge in [0.05, 0.1) is 0 Å². The molecule has 1 aromatic rings. The lowest BCUT2D eigenvalue weighted by atomic mass is 10.1. The van der Waals surface area contributed by atoms with Crippen molar-refractivity contribution in [2.75, 3.05) is 0 Å². The van der Waals surface area contributed by atoms with Crippen LogP contribution in [-0.2, 0) is 0 Å². The molecule has 2 nitrogen and oxygen atoms in total. The van der Waals surface area contributed by atoms with E-state index in [2.05, 4.69) is 6.58 Å². The summed E-state index contributed by atoms with van der Waals surface area (Å²) in [6.45, 7) is 18.1. The van der Waals surface area contributed by atoms with Crippen LogP contribution in [0.5, 0.6) is 11.5 Å². The van der Waals surface area contributed by atoms with Crippen LogP contribution >= 0.6 is 0 Å². The zero-order valence-corrected chi connectivity index (χ0v) is 13.3. The van der Waals surface area contributed by atoms with Crippen molar-refractivity contribution in [2.45, 2.75) is 59.7 Å². The van der Waals surface area contributed by atoms with Crippen LogP contribution in [0, 0.1) is 0 Å². The van der Waals surface area contributed by atoms with Gasteiger partial charge in [-0.25, -0.2) is 0 Å². The zero-order valence-electron chi connectivity index (χ0n) is 13.3. The van der Waals surface area contributed by atoms with E-state index in [0.29, 0.717) is 0 Å². The highest BCUT2D eigenvalue weighted by molar-refractivity contribution is 5.64. The smallest absolute Gasteiger partial charge is 0.162 e. The van der Waals surface area contributed by atoms with Crippen molar-refractivity contribution < 1.29 is 9.47 Å². The second-order valence-electron chi connectivity index (χ2n) is 6.87. The normalized spacial score (nSPS) is 12.2. The van der Waals surface area contributed by atoms with Gasteiger partial charge < -0.3 is 9.47 Å². The highest BCUT2D eigenvalue weighted by Gasteiger charge is 2.20. The summed E-state index contributed by atoms with van der Waals surface area (Å²) in [5.41, 5.74) is 1.58. The number of hydrogen-bond donors (Lipinski definition) is 0. The molecule has 0 aromatic heterocycles. The maximum absolute atomic E-state index is 6.00. The first-order valence-electron chi connectivity index (χ1n) is 6.66. The maximum Gasteiger partial charge on any atom is 0.162 e. The highest BCUT2D eigenvalue weighted by Crippen LogP contribution is 2.35. The largest absolute Gasteiger partial charge is 0.484 e. The summed E-state index contributed by atoms with van der Waals surface area (Å²) >= 11 is 0. The summed E-state index contributed by atoms with van der Waals surface area (Å²) in [5, 5.41) is 0. The van der Waals surface area contributed by atoms with Gasteiger partial charge in [-0.3, -0.25) is 0 Å². The Hall–Kier alpha value is -1.44. The zero-order chi connectivity index (χ0) is 14.8. The minimum atomic E-state index is -0.260. The lowest BCUT2D eigenvalue weighted by molar-refractivity contribution is 0.0957. The lowest BCUT2D eigenvalue weighted by Crippen LogP contribution is -2.26. The molecule has 0 aliphatic heterocycles. The fourth-order valence-electron chi connectivity index (χ4n) is 1.60. The first-order chi connectivity index (χ1) is 8.48. The van der Waals surface area contributed by atoms with Gasteiger partial charge in [-0.2, -0.15) is 0 Å². The van der Waals surface area contributed by atoms with Gasteiger partial charge in [0.15, 0.2) is 11.5 Å². The fraction of sp³-hybridized carbons (Fsp3) is 0.529.